The van der Waals surface area contributed by atoms with Crippen LogP contribution in [-0.4, -0.2) is 49.0 Å². The van der Waals surface area contributed by atoms with E-state index in [4.69, 9.17) is 30.5 Å². The summed E-state index contributed by atoms with van der Waals surface area (Å²) in [4.78, 5) is 26.8. The minimum Gasteiger partial charge on any atom is -0.490 e. The average Bonchev–Trinajstić information content (AvgIpc) is 3.17. The largest absolute Gasteiger partial charge is 0.490 e. The number of imide groups is 1. The Morgan fingerprint density at radius 3 is 2.32 bits per heavy atom. The molecule has 1 aliphatic heterocycles. The highest BCUT2D eigenvalue weighted by Crippen LogP contribution is 2.35. The lowest BCUT2D eigenvalue weighted by Crippen LogP contribution is -2.32. The van der Waals surface area contributed by atoms with Gasteiger partial charge in [0, 0.05) is 0 Å². The van der Waals surface area contributed by atoms with Gasteiger partial charge in [-0.15, -0.1) is 0 Å². The third-order valence-electron chi connectivity index (χ3n) is 5.20. The van der Waals surface area contributed by atoms with Crippen molar-refractivity contribution in [1.29, 1.82) is 0 Å². The van der Waals surface area contributed by atoms with Gasteiger partial charge in [-0.1, -0.05) is 48.0 Å². The maximum atomic E-state index is 12.9. The van der Waals surface area contributed by atoms with E-state index in [1.165, 1.54) is 4.90 Å². The predicted octanol–water partition coefficient (Wildman–Crippen LogP) is 6.31. The lowest BCUT2D eigenvalue weighted by Gasteiger charge is -2.14. The Kier molecular flexibility index (Phi) is 9.35. The van der Waals surface area contributed by atoms with E-state index in [-0.39, 0.29) is 24.3 Å². The number of hydrogen-bond acceptors (Lipinski definition) is 7. The monoisotopic (exact) mass is 539 g/mol. The van der Waals surface area contributed by atoms with Crippen LogP contribution in [0.4, 0.5) is 4.79 Å². The van der Waals surface area contributed by atoms with E-state index in [2.05, 4.69) is 0 Å². The molecule has 0 N–H and O–H groups in total. The maximum absolute atomic E-state index is 12.9. The van der Waals surface area contributed by atoms with Crippen LogP contribution in [-0.2, 0) is 4.79 Å². The number of rotatable bonds is 12. The molecule has 1 saturated heterocycles. The number of amides is 2. The van der Waals surface area contributed by atoms with Crippen LogP contribution in [0.25, 0.3) is 6.08 Å². The molecule has 0 atom stereocenters. The van der Waals surface area contributed by atoms with Crippen molar-refractivity contribution in [2.75, 3.05) is 33.0 Å². The number of halogens is 1. The fraction of sp³-hybridized carbons (Fsp3) is 0.214. The number of hydrogen-bond donors (Lipinski definition) is 0. The second-order valence-corrected chi connectivity index (χ2v) is 9.16. The molecule has 4 rings (SSSR count). The molecular weight excluding hydrogens is 514 g/mol. The Bertz CT molecular complexity index is 1270. The quantitative estimate of drug-likeness (QED) is 0.197. The van der Waals surface area contributed by atoms with Gasteiger partial charge in [-0.2, -0.15) is 0 Å². The Labute approximate surface area is 224 Å². The molecule has 7 nitrogen and oxygen atoms in total. The van der Waals surface area contributed by atoms with Crippen LogP contribution in [0.3, 0.4) is 0 Å². The molecule has 0 bridgehead atoms. The first-order valence-electron chi connectivity index (χ1n) is 11.8. The molecular formula is C28H26ClNO6S. The number of benzene rings is 3. The third-order valence-corrected chi connectivity index (χ3v) is 6.42. The fourth-order valence-corrected chi connectivity index (χ4v) is 4.54. The standard InChI is InChI=1S/C28H26ClNO6S/c1-2-33-25-18-20(12-13-24(25)36-17-16-34-21-8-4-3-5-9-21)19-26-27(31)30(28(32)37-26)14-15-35-23-11-7-6-10-22(23)29/h3-13,18-19H,2,14-17H2,1H3/b26-19-. The number of thioether (sulfide) groups is 1. The van der Waals surface area contributed by atoms with Crippen molar-refractivity contribution < 1.29 is 28.5 Å². The van der Waals surface area contributed by atoms with Gasteiger partial charge in [-0.05, 0) is 66.7 Å². The van der Waals surface area contributed by atoms with E-state index in [0.29, 0.717) is 52.6 Å². The van der Waals surface area contributed by atoms with Crippen LogP contribution in [0.2, 0.25) is 5.02 Å². The molecule has 3 aromatic rings. The highest BCUT2D eigenvalue weighted by molar-refractivity contribution is 8.18. The number of para-hydroxylation sites is 2. The first-order chi connectivity index (χ1) is 18.0. The van der Waals surface area contributed by atoms with Gasteiger partial charge < -0.3 is 18.9 Å². The summed E-state index contributed by atoms with van der Waals surface area (Å²) in [6.07, 6.45) is 1.67. The molecule has 0 saturated carbocycles. The zero-order valence-corrected chi connectivity index (χ0v) is 21.8. The summed E-state index contributed by atoms with van der Waals surface area (Å²) in [5.41, 5.74) is 0.717. The van der Waals surface area contributed by atoms with Crippen LogP contribution in [0.15, 0.2) is 77.7 Å². The molecule has 9 heteroatoms. The Balaban J connectivity index is 1.36. The van der Waals surface area contributed by atoms with E-state index >= 15 is 0 Å². The highest BCUT2D eigenvalue weighted by atomic mass is 35.5. The molecule has 0 spiro atoms. The molecule has 192 valence electrons. The van der Waals surface area contributed by atoms with Crippen molar-refractivity contribution in [1.82, 2.24) is 4.90 Å². The number of ether oxygens (including phenoxy) is 4. The fourth-order valence-electron chi connectivity index (χ4n) is 3.48. The van der Waals surface area contributed by atoms with Crippen molar-refractivity contribution in [3.63, 3.8) is 0 Å². The van der Waals surface area contributed by atoms with E-state index in [0.717, 1.165) is 17.5 Å². The molecule has 1 heterocycles. The van der Waals surface area contributed by atoms with E-state index in [1.807, 2.05) is 43.3 Å². The molecule has 3 aromatic carbocycles. The normalized spacial score (nSPS) is 14.2. The van der Waals surface area contributed by atoms with Crippen molar-refractivity contribution in [3.8, 4) is 23.0 Å². The predicted molar refractivity (Wildman–Crippen MR) is 145 cm³/mol. The SMILES string of the molecule is CCOc1cc(/C=C2\SC(=O)N(CCOc3ccccc3Cl)C2=O)ccc1OCCOc1ccccc1. The van der Waals surface area contributed by atoms with Gasteiger partial charge in [0.2, 0.25) is 0 Å². The van der Waals surface area contributed by atoms with E-state index < -0.39 is 0 Å². The topological polar surface area (TPSA) is 74.3 Å². The molecule has 0 unspecified atom stereocenters. The van der Waals surface area contributed by atoms with Crippen LogP contribution in [0, 0.1) is 0 Å². The Hall–Kier alpha value is -3.62. The molecule has 37 heavy (non-hydrogen) atoms. The van der Waals surface area contributed by atoms with Gasteiger partial charge in [0.1, 0.15) is 31.3 Å². The number of carbonyl (C=O) groups excluding carboxylic acids is 2. The second kappa shape index (κ2) is 13.1. The van der Waals surface area contributed by atoms with Gasteiger partial charge in [-0.3, -0.25) is 14.5 Å². The second-order valence-electron chi connectivity index (χ2n) is 7.76. The highest BCUT2D eigenvalue weighted by Gasteiger charge is 2.34. The van der Waals surface area contributed by atoms with E-state index in [9.17, 15) is 9.59 Å². The molecule has 0 aromatic heterocycles. The van der Waals surface area contributed by atoms with Crippen LogP contribution < -0.4 is 18.9 Å². The summed E-state index contributed by atoms with van der Waals surface area (Å²) in [7, 11) is 0. The smallest absolute Gasteiger partial charge is 0.293 e. The van der Waals surface area contributed by atoms with Crippen LogP contribution in [0.5, 0.6) is 23.0 Å². The van der Waals surface area contributed by atoms with Crippen LogP contribution >= 0.6 is 23.4 Å². The van der Waals surface area contributed by atoms with Crippen molar-refractivity contribution in [2.45, 2.75) is 6.92 Å². The van der Waals surface area contributed by atoms with Crippen molar-refractivity contribution >= 4 is 40.6 Å². The number of carbonyl (C=O) groups is 2. The van der Waals surface area contributed by atoms with Gasteiger partial charge in [0.25, 0.3) is 11.1 Å². The Morgan fingerprint density at radius 1 is 0.811 bits per heavy atom. The zero-order valence-electron chi connectivity index (χ0n) is 20.2. The maximum Gasteiger partial charge on any atom is 0.293 e. The van der Waals surface area contributed by atoms with Gasteiger partial charge in [0.15, 0.2) is 11.5 Å². The molecule has 1 aliphatic rings. The Morgan fingerprint density at radius 2 is 1.54 bits per heavy atom. The lowest BCUT2D eigenvalue weighted by atomic mass is 10.2. The first kappa shape index (κ1) is 26.4. The molecule has 2 amide bonds. The summed E-state index contributed by atoms with van der Waals surface area (Å²) in [6, 6.07) is 21.9. The first-order valence-corrected chi connectivity index (χ1v) is 12.9. The zero-order chi connectivity index (χ0) is 26.0. The molecule has 0 aliphatic carbocycles. The van der Waals surface area contributed by atoms with Crippen molar-refractivity contribution in [3.05, 3.63) is 88.3 Å². The summed E-state index contributed by atoms with van der Waals surface area (Å²) < 4.78 is 22.9. The number of nitrogens with zero attached hydrogens (tertiary/aromatic N) is 1. The summed E-state index contributed by atoms with van der Waals surface area (Å²) >= 11 is 6.98. The summed E-state index contributed by atoms with van der Waals surface area (Å²) in [5.74, 6) is 2.03. The average molecular weight is 540 g/mol. The van der Waals surface area contributed by atoms with Crippen LogP contribution in [0.1, 0.15) is 12.5 Å². The molecule has 1 fully saturated rings. The summed E-state index contributed by atoms with van der Waals surface area (Å²) in [5, 5.41) is 0.125. The van der Waals surface area contributed by atoms with Gasteiger partial charge in [0.05, 0.1) is 23.1 Å². The summed E-state index contributed by atoms with van der Waals surface area (Å²) in [6.45, 7) is 3.31. The minimum atomic E-state index is -0.367. The van der Waals surface area contributed by atoms with Gasteiger partial charge >= 0.3 is 0 Å². The van der Waals surface area contributed by atoms with Crippen molar-refractivity contribution in [2.24, 2.45) is 0 Å². The van der Waals surface area contributed by atoms with E-state index in [1.54, 1.807) is 42.5 Å². The minimum absolute atomic E-state index is 0.120. The lowest BCUT2D eigenvalue weighted by molar-refractivity contribution is -0.123. The third kappa shape index (κ3) is 7.21. The molecule has 0 radical (unpaired) electrons. The van der Waals surface area contributed by atoms with Gasteiger partial charge in [-0.25, -0.2) is 0 Å².